The van der Waals surface area contributed by atoms with Crippen LogP contribution in [0.4, 0.5) is 0 Å². The highest BCUT2D eigenvalue weighted by molar-refractivity contribution is 5.94. The average Bonchev–Trinajstić information content (AvgIpc) is 3.07. The van der Waals surface area contributed by atoms with Crippen LogP contribution in [0, 0.1) is 0 Å². The Morgan fingerprint density at radius 2 is 2.17 bits per heavy atom. The summed E-state index contributed by atoms with van der Waals surface area (Å²) in [5.41, 5.74) is 0.597. The standard InChI is InChI=1S/C18H28N2O3/c1-2-3-4-5-6-7-10-20-18(21)15-8-11-19-17(13-15)23-16-9-12-22-14-16/h8,11,13,16H,2-7,9-10,12,14H2,1H3,(H,20,21). The fourth-order valence-electron chi connectivity index (χ4n) is 2.60. The third-order valence-corrected chi connectivity index (χ3v) is 3.99. The van der Waals surface area contributed by atoms with Gasteiger partial charge in [0.15, 0.2) is 0 Å². The van der Waals surface area contributed by atoms with Gasteiger partial charge in [-0.15, -0.1) is 0 Å². The van der Waals surface area contributed by atoms with Crippen LogP contribution in [-0.2, 0) is 4.74 Å². The van der Waals surface area contributed by atoms with Crippen LogP contribution >= 0.6 is 0 Å². The molecule has 1 aromatic heterocycles. The van der Waals surface area contributed by atoms with E-state index in [4.69, 9.17) is 9.47 Å². The number of hydrogen-bond donors (Lipinski definition) is 1. The first kappa shape index (κ1) is 17.7. The molecular weight excluding hydrogens is 292 g/mol. The summed E-state index contributed by atoms with van der Waals surface area (Å²) in [6.45, 7) is 4.26. The zero-order valence-electron chi connectivity index (χ0n) is 14.1. The molecule has 1 amide bonds. The number of aromatic nitrogens is 1. The van der Waals surface area contributed by atoms with Crippen molar-refractivity contribution in [3.63, 3.8) is 0 Å². The molecule has 2 heterocycles. The van der Waals surface area contributed by atoms with Crippen LogP contribution in [0.15, 0.2) is 18.3 Å². The van der Waals surface area contributed by atoms with E-state index in [0.29, 0.717) is 18.1 Å². The van der Waals surface area contributed by atoms with Crippen molar-refractivity contribution in [1.82, 2.24) is 10.3 Å². The van der Waals surface area contributed by atoms with Gasteiger partial charge in [-0.2, -0.15) is 0 Å². The van der Waals surface area contributed by atoms with Gasteiger partial charge in [0, 0.05) is 30.8 Å². The summed E-state index contributed by atoms with van der Waals surface area (Å²) in [7, 11) is 0. The topological polar surface area (TPSA) is 60.5 Å². The van der Waals surface area contributed by atoms with E-state index in [0.717, 1.165) is 26.0 Å². The molecule has 5 heteroatoms. The highest BCUT2D eigenvalue weighted by Crippen LogP contribution is 2.15. The molecule has 0 saturated carbocycles. The Morgan fingerprint density at radius 1 is 1.35 bits per heavy atom. The van der Waals surface area contributed by atoms with Crippen LogP contribution in [0.2, 0.25) is 0 Å². The zero-order chi connectivity index (χ0) is 16.3. The molecule has 5 nitrogen and oxygen atoms in total. The predicted octanol–water partition coefficient (Wildman–Crippen LogP) is 3.34. The highest BCUT2D eigenvalue weighted by Gasteiger charge is 2.18. The Bertz CT molecular complexity index is 473. The van der Waals surface area contributed by atoms with Gasteiger partial charge in [-0.1, -0.05) is 39.0 Å². The maximum atomic E-state index is 12.2. The zero-order valence-corrected chi connectivity index (χ0v) is 14.1. The van der Waals surface area contributed by atoms with E-state index in [-0.39, 0.29) is 12.0 Å². The van der Waals surface area contributed by atoms with Crippen LogP contribution in [0.5, 0.6) is 5.88 Å². The molecular formula is C18H28N2O3. The number of carbonyl (C=O) groups is 1. The van der Waals surface area contributed by atoms with Crippen LogP contribution in [-0.4, -0.2) is 36.8 Å². The van der Waals surface area contributed by atoms with Crippen LogP contribution in [0.1, 0.15) is 62.2 Å². The molecule has 1 aliphatic heterocycles. The molecule has 0 aliphatic carbocycles. The number of ether oxygens (including phenoxy) is 2. The number of rotatable bonds is 10. The maximum absolute atomic E-state index is 12.2. The molecule has 1 aromatic rings. The lowest BCUT2D eigenvalue weighted by Crippen LogP contribution is -2.24. The highest BCUT2D eigenvalue weighted by atomic mass is 16.5. The van der Waals surface area contributed by atoms with Crippen molar-refractivity contribution in [3.05, 3.63) is 23.9 Å². The second-order valence-electron chi connectivity index (χ2n) is 6.01. The van der Waals surface area contributed by atoms with E-state index in [9.17, 15) is 4.79 Å². The first-order valence-electron chi connectivity index (χ1n) is 8.78. The summed E-state index contributed by atoms with van der Waals surface area (Å²) >= 11 is 0. The number of nitrogens with zero attached hydrogens (tertiary/aromatic N) is 1. The fraction of sp³-hybridized carbons (Fsp3) is 0.667. The van der Waals surface area contributed by atoms with E-state index in [1.165, 1.54) is 32.1 Å². The number of carbonyl (C=O) groups excluding carboxylic acids is 1. The Morgan fingerprint density at radius 3 is 2.96 bits per heavy atom. The van der Waals surface area contributed by atoms with Gasteiger partial charge in [0.05, 0.1) is 13.2 Å². The van der Waals surface area contributed by atoms with Crippen molar-refractivity contribution in [1.29, 1.82) is 0 Å². The molecule has 1 aliphatic rings. The minimum Gasteiger partial charge on any atom is -0.472 e. The monoisotopic (exact) mass is 320 g/mol. The summed E-state index contributed by atoms with van der Waals surface area (Å²) in [4.78, 5) is 16.3. The molecule has 1 atom stereocenters. The average molecular weight is 320 g/mol. The summed E-state index contributed by atoms with van der Waals surface area (Å²) in [6.07, 6.45) is 9.84. The van der Waals surface area contributed by atoms with Crippen molar-refractivity contribution in [2.45, 2.75) is 58.0 Å². The molecule has 23 heavy (non-hydrogen) atoms. The summed E-state index contributed by atoms with van der Waals surface area (Å²) < 4.78 is 11.0. The molecule has 0 radical (unpaired) electrons. The van der Waals surface area contributed by atoms with Crippen molar-refractivity contribution in [3.8, 4) is 5.88 Å². The number of unbranched alkanes of at least 4 members (excludes halogenated alkanes) is 5. The van der Waals surface area contributed by atoms with Crippen LogP contribution < -0.4 is 10.1 Å². The van der Waals surface area contributed by atoms with E-state index >= 15 is 0 Å². The van der Waals surface area contributed by atoms with Gasteiger partial charge in [-0.05, 0) is 12.5 Å². The Hall–Kier alpha value is -1.62. The van der Waals surface area contributed by atoms with Crippen molar-refractivity contribution >= 4 is 5.91 Å². The number of amides is 1. The largest absolute Gasteiger partial charge is 0.472 e. The Balaban J connectivity index is 1.69. The van der Waals surface area contributed by atoms with Crippen molar-refractivity contribution < 1.29 is 14.3 Å². The SMILES string of the molecule is CCCCCCCCNC(=O)c1ccnc(OC2CCOC2)c1. The molecule has 0 spiro atoms. The van der Waals surface area contributed by atoms with Crippen molar-refractivity contribution in [2.24, 2.45) is 0 Å². The van der Waals surface area contributed by atoms with Gasteiger partial charge in [0.25, 0.3) is 5.91 Å². The summed E-state index contributed by atoms with van der Waals surface area (Å²) in [6, 6.07) is 3.42. The summed E-state index contributed by atoms with van der Waals surface area (Å²) in [5.74, 6) is 0.432. The molecule has 2 rings (SSSR count). The molecule has 1 fully saturated rings. The minimum absolute atomic E-state index is 0.0453. The van der Waals surface area contributed by atoms with Crippen molar-refractivity contribution in [2.75, 3.05) is 19.8 Å². The van der Waals surface area contributed by atoms with E-state index in [2.05, 4.69) is 17.2 Å². The van der Waals surface area contributed by atoms with Gasteiger partial charge in [0.2, 0.25) is 5.88 Å². The quantitative estimate of drug-likeness (QED) is 0.672. The predicted molar refractivity (Wildman–Crippen MR) is 89.8 cm³/mol. The van der Waals surface area contributed by atoms with E-state index in [1.807, 2.05) is 0 Å². The second-order valence-corrected chi connectivity index (χ2v) is 6.01. The lowest BCUT2D eigenvalue weighted by atomic mass is 10.1. The van der Waals surface area contributed by atoms with Gasteiger partial charge >= 0.3 is 0 Å². The van der Waals surface area contributed by atoms with Crippen LogP contribution in [0.25, 0.3) is 0 Å². The van der Waals surface area contributed by atoms with Crippen LogP contribution in [0.3, 0.4) is 0 Å². The third kappa shape index (κ3) is 6.57. The molecule has 0 aromatic carbocycles. The number of nitrogens with one attached hydrogen (secondary N) is 1. The van der Waals surface area contributed by atoms with Gasteiger partial charge in [-0.25, -0.2) is 4.98 Å². The molecule has 128 valence electrons. The first-order valence-corrected chi connectivity index (χ1v) is 8.78. The first-order chi connectivity index (χ1) is 11.3. The number of pyridine rings is 1. The van der Waals surface area contributed by atoms with E-state index < -0.39 is 0 Å². The Kier molecular flexibility index (Phi) is 7.87. The smallest absolute Gasteiger partial charge is 0.251 e. The molecule has 1 saturated heterocycles. The third-order valence-electron chi connectivity index (χ3n) is 3.99. The Labute approximate surface area is 138 Å². The van der Waals surface area contributed by atoms with Gasteiger partial charge in [-0.3, -0.25) is 4.79 Å². The molecule has 1 unspecified atom stereocenters. The second kappa shape index (κ2) is 10.2. The lowest BCUT2D eigenvalue weighted by molar-refractivity contribution is 0.0951. The minimum atomic E-state index is -0.0616. The fourth-order valence-corrected chi connectivity index (χ4v) is 2.60. The van der Waals surface area contributed by atoms with E-state index in [1.54, 1.807) is 18.3 Å². The lowest BCUT2D eigenvalue weighted by Gasteiger charge is -2.11. The van der Waals surface area contributed by atoms with Gasteiger partial charge < -0.3 is 14.8 Å². The van der Waals surface area contributed by atoms with Gasteiger partial charge in [0.1, 0.15) is 6.10 Å². The normalized spacial score (nSPS) is 17.2. The number of hydrogen-bond acceptors (Lipinski definition) is 4. The molecule has 0 bridgehead atoms. The summed E-state index contributed by atoms with van der Waals surface area (Å²) in [5, 5.41) is 2.96. The molecule has 1 N–H and O–H groups in total. The maximum Gasteiger partial charge on any atom is 0.251 e.